The fourth-order valence-electron chi connectivity index (χ4n) is 2.22. The quantitative estimate of drug-likeness (QED) is 0.408. The van der Waals surface area contributed by atoms with Gasteiger partial charge >= 0.3 is 5.97 Å². The minimum atomic E-state index is -0.675. The summed E-state index contributed by atoms with van der Waals surface area (Å²) in [5.41, 5.74) is 0.955. The molecule has 0 saturated heterocycles. The summed E-state index contributed by atoms with van der Waals surface area (Å²) >= 11 is 0. The minimum Gasteiger partial charge on any atom is -0.494 e. The monoisotopic (exact) mass is 385 g/mol. The maximum Gasteiger partial charge on any atom is 0.308 e. The lowest BCUT2D eigenvalue weighted by Gasteiger charge is -2.06. The van der Waals surface area contributed by atoms with Gasteiger partial charge in [-0.2, -0.15) is 0 Å². The topological polar surface area (TPSA) is 81.7 Å². The lowest BCUT2D eigenvalue weighted by atomic mass is 10.1. The van der Waals surface area contributed by atoms with E-state index in [4.69, 9.17) is 9.47 Å². The summed E-state index contributed by atoms with van der Waals surface area (Å²) < 4.78 is 23.2. The molecule has 0 aliphatic carbocycles. The van der Waals surface area contributed by atoms with Crippen LogP contribution in [0.3, 0.4) is 0 Å². The van der Waals surface area contributed by atoms with E-state index >= 15 is 0 Å². The van der Waals surface area contributed by atoms with Crippen molar-refractivity contribution in [1.29, 1.82) is 0 Å². The van der Waals surface area contributed by atoms with Crippen molar-refractivity contribution in [1.82, 2.24) is 5.32 Å². The number of ether oxygens (including phenoxy) is 2. The maximum atomic E-state index is 13.6. The molecular weight excluding hydrogens is 365 g/mol. The molecule has 0 unspecified atom stereocenters. The molecule has 0 atom stereocenters. The van der Waals surface area contributed by atoms with Crippen molar-refractivity contribution in [3.63, 3.8) is 0 Å². The number of carbonyl (C=O) groups excluding carboxylic acids is 3. The third-order valence-corrected chi connectivity index (χ3v) is 3.69. The molecule has 0 heterocycles. The van der Waals surface area contributed by atoms with Gasteiger partial charge in [0.1, 0.15) is 0 Å². The average Bonchev–Trinajstić information content (AvgIpc) is 2.71. The Morgan fingerprint density at radius 1 is 1.11 bits per heavy atom. The fraction of sp³-hybridized carbons (Fsp3) is 0.190. The highest BCUT2D eigenvalue weighted by atomic mass is 19.1. The minimum absolute atomic E-state index is 0.0191. The molecule has 1 N–H and O–H groups in total. The van der Waals surface area contributed by atoms with Crippen LogP contribution in [0.4, 0.5) is 4.39 Å². The Hall–Kier alpha value is -3.48. The second-order valence-corrected chi connectivity index (χ2v) is 5.72. The Balaban J connectivity index is 1.69. The van der Waals surface area contributed by atoms with Crippen LogP contribution >= 0.6 is 0 Å². The Morgan fingerprint density at radius 3 is 2.54 bits per heavy atom. The average molecular weight is 385 g/mol. The highest BCUT2D eigenvalue weighted by molar-refractivity contribution is 5.98. The van der Waals surface area contributed by atoms with Crippen molar-refractivity contribution in [3.8, 4) is 5.75 Å². The highest BCUT2D eigenvalue weighted by Crippen LogP contribution is 2.18. The molecule has 0 aromatic heterocycles. The smallest absolute Gasteiger partial charge is 0.308 e. The van der Waals surface area contributed by atoms with E-state index in [9.17, 15) is 18.8 Å². The van der Waals surface area contributed by atoms with Crippen LogP contribution in [0.2, 0.25) is 0 Å². The molecule has 0 bridgehead atoms. The van der Waals surface area contributed by atoms with Gasteiger partial charge in [0, 0.05) is 18.2 Å². The third kappa shape index (κ3) is 6.68. The lowest BCUT2D eigenvalue weighted by Crippen LogP contribution is -2.25. The third-order valence-electron chi connectivity index (χ3n) is 3.69. The largest absolute Gasteiger partial charge is 0.494 e. The van der Waals surface area contributed by atoms with Crippen LogP contribution in [-0.2, 0) is 14.3 Å². The van der Waals surface area contributed by atoms with Crippen LogP contribution in [0, 0.1) is 5.82 Å². The van der Waals surface area contributed by atoms with Gasteiger partial charge in [-0.25, -0.2) is 4.39 Å². The van der Waals surface area contributed by atoms with Crippen molar-refractivity contribution in [2.24, 2.45) is 0 Å². The number of benzene rings is 2. The summed E-state index contributed by atoms with van der Waals surface area (Å²) in [5, 5.41) is 2.55. The number of hydrogen-bond acceptors (Lipinski definition) is 5. The van der Waals surface area contributed by atoms with Gasteiger partial charge in [-0.15, -0.1) is 0 Å². The second kappa shape index (κ2) is 10.6. The molecule has 2 rings (SSSR count). The number of nitrogens with one attached hydrogen (secondary N) is 1. The molecule has 7 heteroatoms. The molecule has 2 aromatic carbocycles. The molecule has 2 aromatic rings. The standard InChI is InChI=1S/C21H20FNO5/c1-27-19-9-8-16(13-17(19)22)18(24)14-28-21(26)11-12-23-20(25)10-7-15-5-3-2-4-6-15/h2-10,13H,11-12,14H2,1H3,(H,23,25)/b10-7+. The zero-order valence-electron chi connectivity index (χ0n) is 15.3. The fourth-order valence-corrected chi connectivity index (χ4v) is 2.22. The van der Waals surface area contributed by atoms with Gasteiger partial charge in [0.05, 0.1) is 13.5 Å². The SMILES string of the molecule is COc1ccc(C(=O)COC(=O)CCNC(=O)/C=C/c2ccccc2)cc1F. The lowest BCUT2D eigenvalue weighted by molar-refractivity contribution is -0.142. The second-order valence-electron chi connectivity index (χ2n) is 5.72. The molecule has 0 radical (unpaired) electrons. The molecule has 6 nitrogen and oxygen atoms in total. The van der Waals surface area contributed by atoms with Crippen LogP contribution in [-0.4, -0.2) is 37.9 Å². The normalized spacial score (nSPS) is 10.5. The molecule has 146 valence electrons. The van der Waals surface area contributed by atoms with E-state index in [1.165, 1.54) is 25.3 Å². The Kier molecular flexibility index (Phi) is 7.90. The number of amides is 1. The predicted molar refractivity (Wildman–Crippen MR) is 101 cm³/mol. The summed E-state index contributed by atoms with van der Waals surface area (Å²) in [6.45, 7) is -0.436. The van der Waals surface area contributed by atoms with Gasteiger partial charge in [0.25, 0.3) is 0 Å². The molecule has 1 amide bonds. The Labute approximate surface area is 162 Å². The van der Waals surface area contributed by atoms with E-state index in [-0.39, 0.29) is 30.2 Å². The maximum absolute atomic E-state index is 13.6. The first-order chi connectivity index (χ1) is 13.5. The molecule has 0 aliphatic heterocycles. The van der Waals surface area contributed by atoms with E-state index in [2.05, 4.69) is 5.32 Å². The zero-order chi connectivity index (χ0) is 20.4. The van der Waals surface area contributed by atoms with Gasteiger partial charge in [-0.05, 0) is 29.8 Å². The number of esters is 1. The number of Topliss-reactive ketones (excluding diaryl/α,β-unsaturated/α-hetero) is 1. The van der Waals surface area contributed by atoms with Crippen molar-refractivity contribution < 1.29 is 28.2 Å². The van der Waals surface area contributed by atoms with Gasteiger partial charge < -0.3 is 14.8 Å². The first kappa shape index (κ1) is 20.8. The van der Waals surface area contributed by atoms with Crippen molar-refractivity contribution >= 4 is 23.7 Å². The number of carbonyl (C=O) groups is 3. The summed E-state index contributed by atoms with van der Waals surface area (Å²) in [4.78, 5) is 35.3. The van der Waals surface area contributed by atoms with E-state index in [0.717, 1.165) is 11.6 Å². The zero-order valence-corrected chi connectivity index (χ0v) is 15.3. The van der Waals surface area contributed by atoms with Crippen LogP contribution in [0.25, 0.3) is 6.08 Å². The summed E-state index contributed by atoms with van der Waals surface area (Å²) in [6.07, 6.45) is 2.93. The van der Waals surface area contributed by atoms with Gasteiger partial charge in [0.2, 0.25) is 5.91 Å². The number of rotatable bonds is 9. The predicted octanol–water partition coefficient (Wildman–Crippen LogP) is 2.78. The highest BCUT2D eigenvalue weighted by Gasteiger charge is 2.13. The van der Waals surface area contributed by atoms with Crippen molar-refractivity contribution in [3.05, 3.63) is 71.6 Å². The molecule has 0 saturated carbocycles. The first-order valence-corrected chi connectivity index (χ1v) is 8.53. The van der Waals surface area contributed by atoms with Crippen LogP contribution in [0.1, 0.15) is 22.3 Å². The van der Waals surface area contributed by atoms with Crippen molar-refractivity contribution in [2.45, 2.75) is 6.42 Å². The number of methoxy groups -OCH3 is 1. The molecule has 0 aliphatic rings. The molecular formula is C21H20FNO5. The summed E-state index contributed by atoms with van der Waals surface area (Å²) in [5.74, 6) is -2.18. The Morgan fingerprint density at radius 2 is 1.86 bits per heavy atom. The molecule has 28 heavy (non-hydrogen) atoms. The number of ketones is 1. The van der Waals surface area contributed by atoms with Gasteiger partial charge in [0.15, 0.2) is 24.0 Å². The Bertz CT molecular complexity index is 864. The van der Waals surface area contributed by atoms with Crippen LogP contribution in [0.15, 0.2) is 54.6 Å². The van der Waals surface area contributed by atoms with E-state index in [1.54, 1.807) is 6.08 Å². The molecule has 0 fully saturated rings. The number of halogens is 1. The van der Waals surface area contributed by atoms with Gasteiger partial charge in [-0.3, -0.25) is 14.4 Å². The first-order valence-electron chi connectivity index (χ1n) is 8.53. The summed E-state index contributed by atoms with van der Waals surface area (Å²) in [7, 11) is 1.32. The molecule has 0 spiro atoms. The summed E-state index contributed by atoms with van der Waals surface area (Å²) in [6, 6.07) is 13.0. The number of hydrogen-bond donors (Lipinski definition) is 1. The van der Waals surface area contributed by atoms with E-state index < -0.39 is 24.2 Å². The van der Waals surface area contributed by atoms with Gasteiger partial charge in [-0.1, -0.05) is 30.3 Å². The van der Waals surface area contributed by atoms with Crippen LogP contribution < -0.4 is 10.1 Å². The van der Waals surface area contributed by atoms with Crippen LogP contribution in [0.5, 0.6) is 5.75 Å². The van der Waals surface area contributed by atoms with E-state index in [0.29, 0.717) is 0 Å². The van der Waals surface area contributed by atoms with E-state index in [1.807, 2.05) is 30.3 Å². The van der Waals surface area contributed by atoms with Crippen molar-refractivity contribution in [2.75, 3.05) is 20.3 Å².